The Bertz CT molecular complexity index is 1150. The molecule has 12 heteroatoms. The molecule has 4 atom stereocenters. The zero-order chi connectivity index (χ0) is 42.5. The number of esters is 2. The van der Waals surface area contributed by atoms with Gasteiger partial charge < -0.3 is 38.1 Å². The fraction of sp³-hybridized carbons (Fsp3) is 0.778. The molecule has 0 saturated heterocycles. The van der Waals surface area contributed by atoms with Crippen LogP contribution in [0.4, 0.5) is 0 Å². The summed E-state index contributed by atoms with van der Waals surface area (Å²) in [6.45, 7) is 3.85. The van der Waals surface area contributed by atoms with Crippen molar-refractivity contribution in [3.63, 3.8) is 0 Å². The molecule has 2 N–H and O–H groups in total. The van der Waals surface area contributed by atoms with E-state index in [9.17, 15) is 29.3 Å². The minimum absolute atomic E-state index is 0.0229. The van der Waals surface area contributed by atoms with Crippen molar-refractivity contribution in [2.45, 2.75) is 180 Å². The third kappa shape index (κ3) is 40.5. The second-order valence-corrected chi connectivity index (χ2v) is 17.5. The molecule has 11 nitrogen and oxygen atoms in total. The smallest absolute Gasteiger partial charge is 0.306 e. The lowest BCUT2D eigenvalue weighted by Gasteiger charge is -2.28. The van der Waals surface area contributed by atoms with E-state index >= 15 is 0 Å². The van der Waals surface area contributed by atoms with Crippen LogP contribution in [0.1, 0.15) is 162 Å². The lowest BCUT2D eigenvalue weighted by Crippen LogP contribution is -2.37. The molecule has 0 aromatic carbocycles. The van der Waals surface area contributed by atoms with E-state index in [4.69, 9.17) is 18.5 Å². The topological polar surface area (TPSA) is 152 Å². The molecule has 1 unspecified atom stereocenters. The van der Waals surface area contributed by atoms with Gasteiger partial charge in [-0.2, -0.15) is 0 Å². The first-order valence-corrected chi connectivity index (χ1v) is 23.5. The summed E-state index contributed by atoms with van der Waals surface area (Å²) in [5, 5.41) is 20.2. The summed E-state index contributed by atoms with van der Waals surface area (Å²) in [6.07, 6.45) is 34.9. The van der Waals surface area contributed by atoms with Gasteiger partial charge in [0, 0.05) is 12.8 Å². The Kier molecular flexibility index (Phi) is 35.6. The van der Waals surface area contributed by atoms with E-state index in [-0.39, 0.29) is 26.1 Å². The highest BCUT2D eigenvalue weighted by molar-refractivity contribution is 7.45. The van der Waals surface area contributed by atoms with Crippen molar-refractivity contribution in [3.8, 4) is 0 Å². The average molecular weight is 828 g/mol. The fourth-order valence-electron chi connectivity index (χ4n) is 5.75. The first-order valence-electron chi connectivity index (χ1n) is 22.1. The maximum atomic E-state index is 12.7. The largest absolute Gasteiger partial charge is 0.756 e. The van der Waals surface area contributed by atoms with Gasteiger partial charge in [-0.05, 0) is 32.1 Å². The summed E-state index contributed by atoms with van der Waals surface area (Å²) in [6, 6.07) is 0. The number of aliphatic hydroxyl groups excluding tert-OH is 2. The maximum Gasteiger partial charge on any atom is 0.306 e. The van der Waals surface area contributed by atoms with Gasteiger partial charge in [0.15, 0.2) is 6.10 Å². The summed E-state index contributed by atoms with van der Waals surface area (Å²) in [5.74, 6) is -1.06. The molecule has 0 aromatic rings. The second kappa shape index (κ2) is 36.9. The molecular formula is C45H82NO10P. The molecule has 0 bridgehead atoms. The lowest BCUT2D eigenvalue weighted by atomic mass is 10.0. The molecule has 0 aromatic heterocycles. The number of aliphatic hydroxyl groups is 2. The van der Waals surface area contributed by atoms with Gasteiger partial charge in [0.25, 0.3) is 7.82 Å². The monoisotopic (exact) mass is 828 g/mol. The van der Waals surface area contributed by atoms with Crippen LogP contribution in [-0.4, -0.2) is 92.5 Å². The molecule has 0 rings (SSSR count). The van der Waals surface area contributed by atoms with E-state index in [0.29, 0.717) is 36.7 Å². The summed E-state index contributed by atoms with van der Waals surface area (Å²) in [7, 11) is 1.02. The van der Waals surface area contributed by atoms with Crippen molar-refractivity contribution < 1.29 is 52.3 Å². The molecule has 0 heterocycles. The number of rotatable bonds is 39. The molecule has 0 amide bonds. The van der Waals surface area contributed by atoms with E-state index in [0.717, 1.165) is 44.9 Å². The SMILES string of the molecule is CCCCCCCCCCCCCCCCC(=O)OC[C@H](COP(=O)([O-])OCC[N+](C)(C)C)OC(=O)CCC[C@H](O)/C=C/C=C\C/C=C\C=C\[C@H](O)CCCCC. The van der Waals surface area contributed by atoms with Crippen LogP contribution >= 0.6 is 7.82 Å². The quantitative estimate of drug-likeness (QED) is 0.0202. The van der Waals surface area contributed by atoms with Gasteiger partial charge in [-0.15, -0.1) is 0 Å². The first-order chi connectivity index (χ1) is 27.3. The van der Waals surface area contributed by atoms with Crippen molar-refractivity contribution in [3.05, 3.63) is 48.6 Å². The highest BCUT2D eigenvalue weighted by atomic mass is 31.2. The van der Waals surface area contributed by atoms with Gasteiger partial charge in [-0.1, -0.05) is 165 Å². The van der Waals surface area contributed by atoms with Crippen LogP contribution < -0.4 is 4.89 Å². The number of phosphoric acid groups is 1. The predicted molar refractivity (Wildman–Crippen MR) is 229 cm³/mol. The Hall–Kier alpha value is -2.11. The number of unbranched alkanes of at least 4 members (excludes halogenated alkanes) is 15. The minimum Gasteiger partial charge on any atom is -0.756 e. The zero-order valence-electron chi connectivity index (χ0n) is 36.5. The second-order valence-electron chi connectivity index (χ2n) is 16.1. The number of phosphoric ester groups is 1. The molecule has 0 aliphatic rings. The third-order valence-corrected chi connectivity index (χ3v) is 10.3. The number of nitrogens with zero attached hydrogens (tertiary/aromatic N) is 1. The van der Waals surface area contributed by atoms with Gasteiger partial charge in [0.1, 0.15) is 19.8 Å². The number of ether oxygens (including phenoxy) is 2. The average Bonchev–Trinajstić information content (AvgIpc) is 3.14. The Morgan fingerprint density at radius 1 is 0.632 bits per heavy atom. The van der Waals surface area contributed by atoms with Crippen LogP contribution in [0.15, 0.2) is 48.6 Å². The van der Waals surface area contributed by atoms with Crippen molar-refractivity contribution in [2.24, 2.45) is 0 Å². The third-order valence-electron chi connectivity index (χ3n) is 9.31. The molecular weight excluding hydrogens is 745 g/mol. The van der Waals surface area contributed by atoms with Crippen LogP contribution in [0, 0.1) is 0 Å². The molecule has 0 radical (unpaired) electrons. The lowest BCUT2D eigenvalue weighted by molar-refractivity contribution is -0.870. The summed E-state index contributed by atoms with van der Waals surface area (Å²) in [4.78, 5) is 37.5. The van der Waals surface area contributed by atoms with Crippen molar-refractivity contribution in [2.75, 3.05) is 47.5 Å². The van der Waals surface area contributed by atoms with Crippen molar-refractivity contribution in [1.82, 2.24) is 0 Å². The Morgan fingerprint density at radius 2 is 1.11 bits per heavy atom. The van der Waals surface area contributed by atoms with Crippen molar-refractivity contribution >= 4 is 19.8 Å². The number of hydrogen-bond acceptors (Lipinski definition) is 10. The summed E-state index contributed by atoms with van der Waals surface area (Å²) >= 11 is 0. The summed E-state index contributed by atoms with van der Waals surface area (Å²) < 4.78 is 33.7. The number of hydrogen-bond donors (Lipinski definition) is 2. The van der Waals surface area contributed by atoms with E-state index in [1.807, 2.05) is 51.5 Å². The van der Waals surface area contributed by atoms with Crippen molar-refractivity contribution in [1.29, 1.82) is 0 Å². The van der Waals surface area contributed by atoms with Crippen LogP contribution in [0.5, 0.6) is 0 Å². The molecule has 0 spiro atoms. The van der Waals surface area contributed by atoms with Crippen LogP contribution in [-0.2, 0) is 32.7 Å². The highest BCUT2D eigenvalue weighted by Crippen LogP contribution is 2.38. The van der Waals surface area contributed by atoms with Crippen LogP contribution in [0.3, 0.4) is 0 Å². The van der Waals surface area contributed by atoms with Gasteiger partial charge >= 0.3 is 11.9 Å². The van der Waals surface area contributed by atoms with E-state index in [1.54, 1.807) is 18.2 Å². The highest BCUT2D eigenvalue weighted by Gasteiger charge is 2.22. The number of carbonyl (C=O) groups excluding carboxylic acids is 2. The van der Waals surface area contributed by atoms with Crippen LogP contribution in [0.2, 0.25) is 0 Å². The number of allylic oxidation sites excluding steroid dienone is 6. The Balaban J connectivity index is 4.61. The Morgan fingerprint density at radius 3 is 1.63 bits per heavy atom. The summed E-state index contributed by atoms with van der Waals surface area (Å²) in [5.41, 5.74) is 0. The first kappa shape index (κ1) is 54.9. The van der Waals surface area contributed by atoms with E-state index in [1.165, 1.54) is 64.2 Å². The normalized spacial score (nSPS) is 15.2. The number of likely N-dealkylation sites (N-methyl/N-ethyl adjacent to an activating group) is 1. The van der Waals surface area contributed by atoms with E-state index in [2.05, 4.69) is 13.8 Å². The van der Waals surface area contributed by atoms with Gasteiger partial charge in [0.2, 0.25) is 0 Å². The predicted octanol–water partition coefficient (Wildman–Crippen LogP) is 9.61. The molecule has 57 heavy (non-hydrogen) atoms. The Labute approximate surface area is 347 Å². The van der Waals surface area contributed by atoms with Gasteiger partial charge in [0.05, 0.1) is 40.0 Å². The van der Waals surface area contributed by atoms with E-state index < -0.39 is 44.7 Å². The van der Waals surface area contributed by atoms with Gasteiger partial charge in [-0.3, -0.25) is 14.2 Å². The number of quaternary nitrogens is 1. The fourth-order valence-corrected chi connectivity index (χ4v) is 6.48. The van der Waals surface area contributed by atoms with Crippen LogP contribution in [0.25, 0.3) is 0 Å². The standard InChI is InChI=1S/C45H82NO10P/c1-6-8-10-11-12-13-14-15-16-17-18-22-25-29-35-44(49)53-39-43(40-55-57(51,52)54-38-37-46(3,4)5)56-45(50)36-30-34-42(48)33-28-24-21-19-20-23-27-32-41(47)31-26-9-7-2/h20-21,23-24,27-28,32-33,41-43,47-48H,6-19,22,25-26,29-31,34-40H2,1-5H3/b23-20-,24-21-,32-27+,33-28+/t41-,42-,43-/m1/s1. The molecule has 0 saturated carbocycles. The molecule has 0 aliphatic heterocycles. The maximum absolute atomic E-state index is 12.7. The molecule has 0 aliphatic carbocycles. The molecule has 0 fully saturated rings. The zero-order valence-corrected chi connectivity index (χ0v) is 37.4. The minimum atomic E-state index is -4.69. The van der Waals surface area contributed by atoms with Gasteiger partial charge in [-0.25, -0.2) is 0 Å². The molecule has 332 valence electrons. The number of carbonyl (C=O) groups is 2.